The molecule has 0 bridgehead atoms. The van der Waals surface area contributed by atoms with Crippen LogP contribution in [-0.2, 0) is 9.59 Å². The normalized spacial score (nSPS) is 24.9. The van der Waals surface area contributed by atoms with E-state index in [0.717, 1.165) is 13.0 Å². The Bertz CT molecular complexity index is 382. The number of amides is 2. The Morgan fingerprint density at radius 3 is 2.15 bits per heavy atom. The van der Waals surface area contributed by atoms with Crippen LogP contribution in [0.3, 0.4) is 0 Å². The average molecular weight is 280 g/mol. The van der Waals surface area contributed by atoms with Crippen LogP contribution in [0.4, 0.5) is 0 Å². The van der Waals surface area contributed by atoms with Crippen molar-refractivity contribution in [3.05, 3.63) is 0 Å². The number of piperazine rings is 1. The van der Waals surface area contributed by atoms with E-state index >= 15 is 0 Å². The summed E-state index contributed by atoms with van der Waals surface area (Å²) >= 11 is 0. The summed E-state index contributed by atoms with van der Waals surface area (Å²) < 4.78 is 0. The Balaban J connectivity index is 2.18. The number of hydrogen-bond acceptors (Lipinski definition) is 2. The molecule has 1 aliphatic carbocycles. The Kier molecular flexibility index (Phi) is 4.40. The minimum absolute atomic E-state index is 0.00227. The Morgan fingerprint density at radius 1 is 1.05 bits per heavy atom. The molecule has 114 valence electrons. The highest BCUT2D eigenvalue weighted by Crippen LogP contribution is 2.42. The molecule has 0 radical (unpaired) electrons. The molecule has 1 saturated carbocycles. The molecule has 20 heavy (non-hydrogen) atoms. The molecule has 4 nitrogen and oxygen atoms in total. The summed E-state index contributed by atoms with van der Waals surface area (Å²) in [6.45, 7) is 7.18. The second kappa shape index (κ2) is 5.74. The second-order valence-corrected chi connectivity index (χ2v) is 6.56. The van der Waals surface area contributed by atoms with Crippen LogP contribution < -0.4 is 5.32 Å². The molecule has 1 saturated heterocycles. The van der Waals surface area contributed by atoms with Crippen molar-refractivity contribution in [1.82, 2.24) is 10.2 Å². The number of carbonyl (C=O) groups is 2. The average Bonchev–Trinajstić information content (AvgIpc) is 2.92. The lowest BCUT2D eigenvalue weighted by Crippen LogP contribution is -2.67. The minimum atomic E-state index is -0.664. The van der Waals surface area contributed by atoms with E-state index in [-0.39, 0.29) is 23.8 Å². The standard InChI is InChI=1S/C16H28N2O2/c1-4-15(9-7-8-10-15)12-18-11-13(19)17-16(5-2,6-3)14(18)20/h4-12H2,1-3H3,(H,17,19). The maximum absolute atomic E-state index is 12.8. The van der Waals surface area contributed by atoms with Gasteiger partial charge in [0.1, 0.15) is 5.54 Å². The molecule has 1 N–H and O–H groups in total. The summed E-state index contributed by atoms with van der Waals surface area (Å²) in [5.41, 5.74) is -0.413. The summed E-state index contributed by atoms with van der Waals surface area (Å²) in [6, 6.07) is 0. The van der Waals surface area contributed by atoms with Gasteiger partial charge in [-0.3, -0.25) is 9.59 Å². The summed E-state index contributed by atoms with van der Waals surface area (Å²) in [7, 11) is 0. The molecule has 2 rings (SSSR count). The zero-order valence-electron chi connectivity index (χ0n) is 13.1. The quantitative estimate of drug-likeness (QED) is 0.841. The number of carbonyl (C=O) groups excluding carboxylic acids is 2. The van der Waals surface area contributed by atoms with Crippen LogP contribution >= 0.6 is 0 Å². The lowest BCUT2D eigenvalue weighted by atomic mass is 9.81. The van der Waals surface area contributed by atoms with Crippen LogP contribution in [0.5, 0.6) is 0 Å². The van der Waals surface area contributed by atoms with Gasteiger partial charge in [-0.05, 0) is 37.5 Å². The molecule has 2 aliphatic rings. The number of nitrogens with one attached hydrogen (secondary N) is 1. The molecule has 0 aromatic heterocycles. The maximum Gasteiger partial charge on any atom is 0.248 e. The topological polar surface area (TPSA) is 49.4 Å². The fraction of sp³-hybridized carbons (Fsp3) is 0.875. The zero-order chi connectivity index (χ0) is 14.8. The van der Waals surface area contributed by atoms with E-state index in [1.165, 1.54) is 25.7 Å². The van der Waals surface area contributed by atoms with Crippen molar-refractivity contribution in [2.45, 2.75) is 71.3 Å². The molecule has 0 spiro atoms. The summed E-state index contributed by atoms with van der Waals surface area (Å²) in [6.07, 6.45) is 7.35. The molecule has 0 aromatic rings. The fourth-order valence-electron chi connectivity index (χ4n) is 3.92. The van der Waals surface area contributed by atoms with Gasteiger partial charge in [-0.15, -0.1) is 0 Å². The van der Waals surface area contributed by atoms with Gasteiger partial charge in [-0.1, -0.05) is 33.6 Å². The van der Waals surface area contributed by atoms with Gasteiger partial charge < -0.3 is 10.2 Å². The Morgan fingerprint density at radius 2 is 1.65 bits per heavy atom. The van der Waals surface area contributed by atoms with Gasteiger partial charge >= 0.3 is 0 Å². The lowest BCUT2D eigenvalue weighted by Gasteiger charge is -2.44. The van der Waals surface area contributed by atoms with Gasteiger partial charge in [0.25, 0.3) is 0 Å². The van der Waals surface area contributed by atoms with Gasteiger partial charge in [-0.25, -0.2) is 0 Å². The first-order chi connectivity index (χ1) is 9.51. The van der Waals surface area contributed by atoms with Crippen LogP contribution in [0.15, 0.2) is 0 Å². The van der Waals surface area contributed by atoms with E-state index in [2.05, 4.69) is 12.2 Å². The predicted molar refractivity (Wildman–Crippen MR) is 79.2 cm³/mol. The molecule has 2 fully saturated rings. The summed E-state index contributed by atoms with van der Waals surface area (Å²) in [4.78, 5) is 26.7. The Labute approximate surface area is 122 Å². The van der Waals surface area contributed by atoms with E-state index in [1.807, 2.05) is 18.7 Å². The molecule has 0 atom stereocenters. The molecule has 0 unspecified atom stereocenters. The molecular weight excluding hydrogens is 252 g/mol. The second-order valence-electron chi connectivity index (χ2n) is 6.56. The van der Waals surface area contributed by atoms with Crippen molar-refractivity contribution in [3.8, 4) is 0 Å². The lowest BCUT2D eigenvalue weighted by molar-refractivity contribution is -0.152. The van der Waals surface area contributed by atoms with Crippen molar-refractivity contribution in [1.29, 1.82) is 0 Å². The molecule has 2 amide bonds. The minimum Gasteiger partial charge on any atom is -0.340 e. The fourth-order valence-corrected chi connectivity index (χ4v) is 3.92. The summed E-state index contributed by atoms with van der Waals surface area (Å²) in [5.74, 6) is 0.124. The largest absolute Gasteiger partial charge is 0.340 e. The van der Waals surface area contributed by atoms with Gasteiger partial charge in [-0.2, -0.15) is 0 Å². The highest BCUT2D eigenvalue weighted by molar-refractivity contribution is 5.97. The molecule has 1 heterocycles. The smallest absolute Gasteiger partial charge is 0.248 e. The monoisotopic (exact) mass is 280 g/mol. The van der Waals surface area contributed by atoms with Crippen molar-refractivity contribution in [2.24, 2.45) is 5.41 Å². The number of rotatable bonds is 5. The van der Waals surface area contributed by atoms with Crippen LogP contribution in [-0.4, -0.2) is 35.3 Å². The van der Waals surface area contributed by atoms with E-state index < -0.39 is 5.54 Å². The summed E-state index contributed by atoms with van der Waals surface area (Å²) in [5, 5.41) is 2.93. The first-order valence-corrected chi connectivity index (χ1v) is 8.11. The van der Waals surface area contributed by atoms with E-state index in [0.29, 0.717) is 12.8 Å². The van der Waals surface area contributed by atoms with Gasteiger partial charge in [0.2, 0.25) is 11.8 Å². The number of nitrogens with zero attached hydrogens (tertiary/aromatic N) is 1. The van der Waals surface area contributed by atoms with Crippen molar-refractivity contribution in [3.63, 3.8) is 0 Å². The third-order valence-electron chi connectivity index (χ3n) is 5.56. The van der Waals surface area contributed by atoms with Crippen LogP contribution in [0, 0.1) is 5.41 Å². The zero-order valence-corrected chi connectivity index (χ0v) is 13.1. The molecule has 4 heteroatoms. The third kappa shape index (κ3) is 2.57. The first kappa shape index (κ1) is 15.3. The van der Waals surface area contributed by atoms with Crippen molar-refractivity contribution < 1.29 is 9.59 Å². The van der Waals surface area contributed by atoms with Gasteiger partial charge in [0.15, 0.2) is 0 Å². The van der Waals surface area contributed by atoms with E-state index in [1.54, 1.807) is 0 Å². The van der Waals surface area contributed by atoms with Crippen molar-refractivity contribution >= 4 is 11.8 Å². The Hall–Kier alpha value is -1.06. The molecule has 1 aliphatic heterocycles. The van der Waals surface area contributed by atoms with Crippen LogP contribution in [0.1, 0.15) is 65.7 Å². The highest BCUT2D eigenvalue weighted by Gasteiger charge is 2.46. The van der Waals surface area contributed by atoms with Crippen LogP contribution in [0.2, 0.25) is 0 Å². The predicted octanol–water partition coefficient (Wildman–Crippen LogP) is 2.47. The third-order valence-corrected chi connectivity index (χ3v) is 5.56. The molecule has 0 aromatic carbocycles. The van der Waals surface area contributed by atoms with Crippen molar-refractivity contribution in [2.75, 3.05) is 13.1 Å². The van der Waals surface area contributed by atoms with Gasteiger partial charge in [0.05, 0.1) is 6.54 Å². The first-order valence-electron chi connectivity index (χ1n) is 8.11. The number of hydrogen-bond donors (Lipinski definition) is 1. The maximum atomic E-state index is 12.8. The van der Waals surface area contributed by atoms with E-state index in [4.69, 9.17) is 0 Å². The van der Waals surface area contributed by atoms with Gasteiger partial charge in [0, 0.05) is 6.54 Å². The highest BCUT2D eigenvalue weighted by atomic mass is 16.2. The SMILES string of the molecule is CCC1(CN2CC(=O)NC(CC)(CC)C2=O)CCCC1. The van der Waals surface area contributed by atoms with Crippen LogP contribution in [0.25, 0.3) is 0 Å². The molecular formula is C16H28N2O2. The van der Waals surface area contributed by atoms with E-state index in [9.17, 15) is 9.59 Å².